The lowest BCUT2D eigenvalue weighted by Gasteiger charge is -2.10. The topological polar surface area (TPSA) is 45.0 Å². The number of ether oxygens (including phenoxy) is 1. The third kappa shape index (κ3) is 3.19. The maximum absolute atomic E-state index is 13.7. The zero-order chi connectivity index (χ0) is 14.5. The zero-order valence-electron chi connectivity index (χ0n) is 10.8. The number of hydrogen-bond donors (Lipinski definition) is 1. The summed E-state index contributed by atoms with van der Waals surface area (Å²) in [4.78, 5) is 0. The first-order valence-corrected chi connectivity index (χ1v) is 6.41. The standard InChI is InChI=1S/C15H12ClFN2O/c1-2-20-15-6-5-12(8-13(15)17)19-14-7-11(16)4-3-10(14)9-18/h3-8,19H,2H2,1H3. The van der Waals surface area contributed by atoms with E-state index < -0.39 is 5.82 Å². The average Bonchev–Trinajstić information content (AvgIpc) is 2.42. The number of benzene rings is 2. The molecule has 0 amide bonds. The molecule has 0 unspecified atom stereocenters. The van der Waals surface area contributed by atoms with Crippen molar-refractivity contribution in [2.75, 3.05) is 11.9 Å². The van der Waals surface area contributed by atoms with Crippen molar-refractivity contribution < 1.29 is 9.13 Å². The molecule has 0 fully saturated rings. The number of nitrogens with zero attached hydrogens (tertiary/aromatic N) is 1. The molecule has 0 aliphatic rings. The van der Waals surface area contributed by atoms with Crippen molar-refractivity contribution in [2.45, 2.75) is 6.92 Å². The van der Waals surface area contributed by atoms with E-state index >= 15 is 0 Å². The number of halogens is 2. The van der Waals surface area contributed by atoms with Crippen LogP contribution in [0, 0.1) is 17.1 Å². The van der Waals surface area contributed by atoms with E-state index in [1.807, 2.05) is 6.07 Å². The molecule has 2 aromatic carbocycles. The summed E-state index contributed by atoms with van der Waals surface area (Å²) in [5.41, 5.74) is 1.48. The molecule has 20 heavy (non-hydrogen) atoms. The van der Waals surface area contributed by atoms with Gasteiger partial charge in [0.15, 0.2) is 11.6 Å². The van der Waals surface area contributed by atoms with Gasteiger partial charge in [-0.05, 0) is 37.3 Å². The van der Waals surface area contributed by atoms with Crippen LogP contribution in [0.1, 0.15) is 12.5 Å². The second kappa shape index (κ2) is 6.27. The first-order valence-electron chi connectivity index (χ1n) is 6.03. The van der Waals surface area contributed by atoms with E-state index in [1.54, 1.807) is 31.2 Å². The van der Waals surface area contributed by atoms with Crippen LogP contribution in [0.15, 0.2) is 36.4 Å². The van der Waals surface area contributed by atoms with Gasteiger partial charge < -0.3 is 10.1 Å². The van der Waals surface area contributed by atoms with Crippen LogP contribution in [0.3, 0.4) is 0 Å². The van der Waals surface area contributed by atoms with E-state index in [0.29, 0.717) is 28.6 Å². The fourth-order valence-electron chi connectivity index (χ4n) is 1.72. The Hall–Kier alpha value is -2.25. The van der Waals surface area contributed by atoms with Crippen LogP contribution in [0.5, 0.6) is 5.75 Å². The molecule has 0 saturated carbocycles. The van der Waals surface area contributed by atoms with Crippen molar-refractivity contribution in [1.82, 2.24) is 0 Å². The number of anilines is 2. The highest BCUT2D eigenvalue weighted by atomic mass is 35.5. The van der Waals surface area contributed by atoms with Gasteiger partial charge in [0.2, 0.25) is 0 Å². The Balaban J connectivity index is 2.29. The minimum absolute atomic E-state index is 0.199. The van der Waals surface area contributed by atoms with Crippen molar-refractivity contribution in [1.29, 1.82) is 5.26 Å². The Labute approximate surface area is 121 Å². The highest BCUT2D eigenvalue weighted by Gasteiger charge is 2.07. The Morgan fingerprint density at radius 1 is 1.30 bits per heavy atom. The van der Waals surface area contributed by atoms with Gasteiger partial charge in [-0.3, -0.25) is 0 Å². The summed E-state index contributed by atoms with van der Waals surface area (Å²) in [7, 11) is 0. The minimum Gasteiger partial charge on any atom is -0.491 e. The molecule has 0 spiro atoms. The molecule has 2 aromatic rings. The summed E-state index contributed by atoms with van der Waals surface area (Å²) in [6.07, 6.45) is 0. The molecule has 5 heteroatoms. The van der Waals surface area contributed by atoms with Gasteiger partial charge in [-0.25, -0.2) is 4.39 Å². The van der Waals surface area contributed by atoms with Crippen LogP contribution in [0.4, 0.5) is 15.8 Å². The predicted octanol–water partition coefficient (Wildman–Crippen LogP) is 4.49. The number of nitrogens with one attached hydrogen (secondary N) is 1. The third-order valence-electron chi connectivity index (χ3n) is 2.61. The summed E-state index contributed by atoms with van der Waals surface area (Å²) in [6, 6.07) is 11.4. The van der Waals surface area contributed by atoms with Crippen LogP contribution in [0.25, 0.3) is 0 Å². The van der Waals surface area contributed by atoms with Crippen molar-refractivity contribution in [3.8, 4) is 11.8 Å². The van der Waals surface area contributed by atoms with Gasteiger partial charge in [0.1, 0.15) is 6.07 Å². The van der Waals surface area contributed by atoms with Crippen molar-refractivity contribution >= 4 is 23.0 Å². The Bertz CT molecular complexity index is 667. The van der Waals surface area contributed by atoms with Gasteiger partial charge in [-0.1, -0.05) is 11.6 Å². The fraction of sp³-hybridized carbons (Fsp3) is 0.133. The Morgan fingerprint density at radius 2 is 2.10 bits per heavy atom. The van der Waals surface area contributed by atoms with Gasteiger partial charge >= 0.3 is 0 Å². The van der Waals surface area contributed by atoms with Crippen LogP contribution in [0.2, 0.25) is 5.02 Å². The molecule has 0 saturated heterocycles. The van der Waals surface area contributed by atoms with E-state index in [0.717, 1.165) is 0 Å². The zero-order valence-corrected chi connectivity index (χ0v) is 11.5. The summed E-state index contributed by atoms with van der Waals surface area (Å²) < 4.78 is 18.9. The van der Waals surface area contributed by atoms with E-state index in [9.17, 15) is 4.39 Å². The lowest BCUT2D eigenvalue weighted by atomic mass is 10.2. The molecule has 102 valence electrons. The number of nitriles is 1. The minimum atomic E-state index is -0.461. The first-order chi connectivity index (χ1) is 9.63. The summed E-state index contributed by atoms with van der Waals surface area (Å²) in [5, 5.41) is 12.5. The monoisotopic (exact) mass is 290 g/mol. The molecule has 0 aromatic heterocycles. The molecule has 0 aliphatic carbocycles. The largest absolute Gasteiger partial charge is 0.491 e. The lowest BCUT2D eigenvalue weighted by molar-refractivity contribution is 0.321. The summed E-state index contributed by atoms with van der Waals surface area (Å²) in [5.74, 6) is -0.262. The molecule has 0 aliphatic heterocycles. The molecule has 3 nitrogen and oxygen atoms in total. The van der Waals surface area contributed by atoms with Gasteiger partial charge in [0, 0.05) is 16.8 Å². The maximum Gasteiger partial charge on any atom is 0.167 e. The Kier molecular flexibility index (Phi) is 4.44. The molecule has 0 radical (unpaired) electrons. The van der Waals surface area contributed by atoms with Crippen LogP contribution in [-0.2, 0) is 0 Å². The highest BCUT2D eigenvalue weighted by Crippen LogP contribution is 2.27. The number of rotatable bonds is 4. The fourth-order valence-corrected chi connectivity index (χ4v) is 1.90. The first kappa shape index (κ1) is 14.2. The van der Waals surface area contributed by atoms with Crippen LogP contribution >= 0.6 is 11.6 Å². The normalized spacial score (nSPS) is 9.90. The van der Waals surface area contributed by atoms with Crippen molar-refractivity contribution in [2.24, 2.45) is 0 Å². The molecule has 0 heterocycles. The third-order valence-corrected chi connectivity index (χ3v) is 2.85. The Morgan fingerprint density at radius 3 is 2.75 bits per heavy atom. The molecule has 2 rings (SSSR count). The van der Waals surface area contributed by atoms with Gasteiger partial charge in [-0.2, -0.15) is 5.26 Å². The lowest BCUT2D eigenvalue weighted by Crippen LogP contribution is -1.97. The maximum atomic E-state index is 13.7. The van der Waals surface area contributed by atoms with Gasteiger partial charge in [-0.15, -0.1) is 0 Å². The summed E-state index contributed by atoms with van der Waals surface area (Å²) in [6.45, 7) is 2.19. The second-order valence-electron chi connectivity index (χ2n) is 4.00. The number of hydrogen-bond acceptors (Lipinski definition) is 3. The van der Waals surface area contributed by atoms with E-state index in [1.165, 1.54) is 12.1 Å². The second-order valence-corrected chi connectivity index (χ2v) is 4.44. The van der Waals surface area contributed by atoms with Gasteiger partial charge in [0.25, 0.3) is 0 Å². The van der Waals surface area contributed by atoms with Gasteiger partial charge in [0.05, 0.1) is 17.9 Å². The van der Waals surface area contributed by atoms with E-state index in [2.05, 4.69) is 5.32 Å². The molecule has 0 atom stereocenters. The van der Waals surface area contributed by atoms with Crippen molar-refractivity contribution in [3.05, 3.63) is 52.8 Å². The van der Waals surface area contributed by atoms with Crippen LogP contribution in [-0.4, -0.2) is 6.61 Å². The molecular weight excluding hydrogens is 279 g/mol. The molecule has 1 N–H and O–H groups in total. The van der Waals surface area contributed by atoms with E-state index in [4.69, 9.17) is 21.6 Å². The highest BCUT2D eigenvalue weighted by molar-refractivity contribution is 6.30. The quantitative estimate of drug-likeness (QED) is 0.902. The van der Waals surface area contributed by atoms with Crippen LogP contribution < -0.4 is 10.1 Å². The van der Waals surface area contributed by atoms with Crippen molar-refractivity contribution in [3.63, 3.8) is 0 Å². The SMILES string of the molecule is CCOc1ccc(Nc2cc(Cl)ccc2C#N)cc1F. The average molecular weight is 291 g/mol. The molecular formula is C15H12ClFN2O. The predicted molar refractivity (Wildman–Crippen MR) is 77.0 cm³/mol. The summed E-state index contributed by atoms with van der Waals surface area (Å²) >= 11 is 5.89. The smallest absolute Gasteiger partial charge is 0.167 e. The molecule has 0 bridgehead atoms. The van der Waals surface area contributed by atoms with E-state index in [-0.39, 0.29) is 5.75 Å².